The monoisotopic (exact) mass is 287 g/mol. The van der Waals surface area contributed by atoms with Gasteiger partial charge in [0.15, 0.2) is 5.82 Å². The topological polar surface area (TPSA) is 75.4 Å². The van der Waals surface area contributed by atoms with Gasteiger partial charge in [0.05, 0.1) is 0 Å². The Morgan fingerprint density at radius 2 is 1.95 bits per heavy atom. The first-order chi connectivity index (χ1) is 10.1. The second kappa shape index (κ2) is 4.44. The lowest BCUT2D eigenvalue weighted by atomic mass is 9.86. The molecule has 21 heavy (non-hydrogen) atoms. The van der Waals surface area contributed by atoms with E-state index in [0.29, 0.717) is 29.5 Å². The maximum atomic E-state index is 12.4. The highest BCUT2D eigenvalue weighted by Gasteiger charge is 2.49. The second-order valence-electron chi connectivity index (χ2n) is 6.26. The van der Waals surface area contributed by atoms with Gasteiger partial charge in [-0.15, -0.1) is 0 Å². The maximum Gasteiger partial charge on any atom is 0.323 e. The van der Waals surface area contributed by atoms with Gasteiger partial charge in [-0.25, -0.2) is 4.98 Å². The Hall–Kier alpha value is -2.11. The van der Waals surface area contributed by atoms with E-state index in [1.54, 1.807) is 0 Å². The fraction of sp³-hybridized carbons (Fsp3) is 0.533. The van der Waals surface area contributed by atoms with Crippen molar-refractivity contribution >= 4 is 11.8 Å². The molecule has 2 unspecified atom stereocenters. The number of carboxylic acids is 1. The first kappa shape index (κ1) is 12.6. The van der Waals surface area contributed by atoms with Crippen molar-refractivity contribution in [1.29, 1.82) is 0 Å². The Morgan fingerprint density at radius 1 is 1.29 bits per heavy atom. The van der Waals surface area contributed by atoms with Crippen LogP contribution < -0.4 is 10.5 Å². The zero-order valence-corrected chi connectivity index (χ0v) is 11.6. The number of hydrogen-bond acceptors (Lipinski definition) is 4. The number of fused-ring (bicyclic) bond motifs is 5. The highest BCUT2D eigenvalue weighted by atomic mass is 16.4. The molecule has 4 atom stereocenters. The Balaban J connectivity index is 1.61. The summed E-state index contributed by atoms with van der Waals surface area (Å²) in [4.78, 5) is 29.4. The minimum atomic E-state index is -1.02. The lowest BCUT2D eigenvalue weighted by molar-refractivity contribution is -0.137. The smallest absolute Gasteiger partial charge is 0.323 e. The van der Waals surface area contributed by atoms with Crippen molar-refractivity contribution in [3.05, 3.63) is 34.9 Å². The average Bonchev–Trinajstić information content (AvgIpc) is 3.11. The van der Waals surface area contributed by atoms with Gasteiger partial charge in [-0.1, -0.05) is 12.2 Å². The molecule has 2 fully saturated rings. The number of carboxylic acid groups (broad SMARTS) is 1. The number of hydrogen-bond donors (Lipinski definition) is 1. The fourth-order valence-corrected chi connectivity index (χ4v) is 4.25. The van der Waals surface area contributed by atoms with Gasteiger partial charge in [-0.3, -0.25) is 14.2 Å². The fourth-order valence-electron chi connectivity index (χ4n) is 4.25. The summed E-state index contributed by atoms with van der Waals surface area (Å²) in [5, 5.41) is 8.85. The molecule has 0 radical (unpaired) electrons. The molecule has 1 aromatic heterocycles. The average molecular weight is 287 g/mol. The van der Waals surface area contributed by atoms with Gasteiger partial charge in [0.1, 0.15) is 6.54 Å². The molecule has 6 heteroatoms. The molecule has 1 aliphatic heterocycles. The number of aromatic nitrogens is 2. The minimum absolute atomic E-state index is 0.305. The van der Waals surface area contributed by atoms with Crippen LogP contribution in [0.1, 0.15) is 6.42 Å². The summed E-state index contributed by atoms with van der Waals surface area (Å²) in [5.41, 5.74) is -0.305. The molecule has 2 bridgehead atoms. The minimum Gasteiger partial charge on any atom is -0.480 e. The van der Waals surface area contributed by atoms with Crippen LogP contribution in [-0.4, -0.2) is 33.7 Å². The van der Waals surface area contributed by atoms with Crippen molar-refractivity contribution in [2.45, 2.75) is 13.0 Å². The third kappa shape index (κ3) is 1.89. The summed E-state index contributed by atoms with van der Waals surface area (Å²) in [6.45, 7) is 1.40. The quantitative estimate of drug-likeness (QED) is 0.823. The predicted molar refractivity (Wildman–Crippen MR) is 76.1 cm³/mol. The third-order valence-electron chi connectivity index (χ3n) is 5.16. The first-order valence-corrected chi connectivity index (χ1v) is 7.34. The Morgan fingerprint density at radius 3 is 2.57 bits per heavy atom. The molecule has 0 amide bonds. The SMILES string of the molecule is O=C(O)Cn1ccnc(N2C[C@@H]3C4C=CC(C4)[C@@H]3C2)c1=O. The van der Waals surface area contributed by atoms with Crippen molar-refractivity contribution < 1.29 is 9.90 Å². The van der Waals surface area contributed by atoms with Crippen LogP contribution in [0.25, 0.3) is 0 Å². The van der Waals surface area contributed by atoms with Gasteiger partial charge < -0.3 is 10.0 Å². The van der Waals surface area contributed by atoms with E-state index in [-0.39, 0.29) is 12.1 Å². The van der Waals surface area contributed by atoms with Crippen LogP contribution in [0.4, 0.5) is 5.82 Å². The molecular weight excluding hydrogens is 270 g/mol. The molecule has 1 N–H and O–H groups in total. The van der Waals surface area contributed by atoms with Crippen molar-refractivity contribution in [3.8, 4) is 0 Å². The van der Waals surface area contributed by atoms with Crippen LogP contribution in [0, 0.1) is 23.7 Å². The van der Waals surface area contributed by atoms with Gasteiger partial charge in [-0.05, 0) is 30.1 Å². The van der Waals surface area contributed by atoms with E-state index in [0.717, 1.165) is 13.1 Å². The van der Waals surface area contributed by atoms with Crippen molar-refractivity contribution in [1.82, 2.24) is 9.55 Å². The van der Waals surface area contributed by atoms with Gasteiger partial charge in [-0.2, -0.15) is 0 Å². The number of anilines is 1. The summed E-state index contributed by atoms with van der Waals surface area (Å²) in [7, 11) is 0. The Bertz CT molecular complexity index is 661. The highest BCUT2D eigenvalue weighted by molar-refractivity contribution is 5.66. The molecule has 2 heterocycles. The standard InChI is InChI=1S/C15H17N3O3/c19-13(20)8-17-4-3-16-14(15(17)21)18-6-11-9-1-2-10(5-9)12(11)7-18/h1-4,9-12H,5-8H2,(H,19,20)/t9?,10?,11-,12+. The van der Waals surface area contributed by atoms with Crippen LogP contribution >= 0.6 is 0 Å². The van der Waals surface area contributed by atoms with E-state index in [1.165, 1.54) is 23.4 Å². The maximum absolute atomic E-state index is 12.4. The van der Waals surface area contributed by atoms with Crippen molar-refractivity contribution in [2.75, 3.05) is 18.0 Å². The molecule has 2 aliphatic carbocycles. The van der Waals surface area contributed by atoms with Crippen LogP contribution in [0.2, 0.25) is 0 Å². The largest absolute Gasteiger partial charge is 0.480 e. The lowest BCUT2D eigenvalue weighted by Crippen LogP contribution is -2.34. The summed E-state index contributed by atoms with van der Waals surface area (Å²) in [6.07, 6.45) is 8.84. The molecule has 4 rings (SSSR count). The van der Waals surface area contributed by atoms with Gasteiger partial charge in [0, 0.05) is 25.5 Å². The van der Waals surface area contributed by atoms with Crippen molar-refractivity contribution in [2.24, 2.45) is 23.7 Å². The predicted octanol–water partition coefficient (Wildman–Crippen LogP) is 0.586. The van der Waals surface area contributed by atoms with E-state index < -0.39 is 5.97 Å². The van der Waals surface area contributed by atoms with Gasteiger partial charge >= 0.3 is 5.97 Å². The molecule has 1 aromatic rings. The highest BCUT2D eigenvalue weighted by Crippen LogP contribution is 2.51. The number of aliphatic carboxylic acids is 1. The van der Waals surface area contributed by atoms with Crippen LogP contribution in [-0.2, 0) is 11.3 Å². The van der Waals surface area contributed by atoms with E-state index in [9.17, 15) is 9.59 Å². The molecule has 1 saturated carbocycles. The molecular formula is C15H17N3O3. The van der Waals surface area contributed by atoms with E-state index >= 15 is 0 Å². The number of nitrogens with zero attached hydrogens (tertiary/aromatic N) is 3. The molecule has 1 saturated heterocycles. The summed E-state index contributed by atoms with van der Waals surface area (Å²) in [6, 6.07) is 0. The first-order valence-electron chi connectivity index (χ1n) is 7.34. The summed E-state index contributed by atoms with van der Waals surface area (Å²) < 4.78 is 1.21. The van der Waals surface area contributed by atoms with Gasteiger partial charge in [0.25, 0.3) is 5.56 Å². The zero-order chi connectivity index (χ0) is 14.6. The normalized spacial score (nSPS) is 32.7. The molecule has 0 aromatic carbocycles. The molecule has 3 aliphatic rings. The summed E-state index contributed by atoms with van der Waals surface area (Å²) >= 11 is 0. The molecule has 0 spiro atoms. The molecule has 6 nitrogen and oxygen atoms in total. The van der Waals surface area contributed by atoms with E-state index in [1.807, 2.05) is 4.90 Å². The van der Waals surface area contributed by atoms with E-state index in [4.69, 9.17) is 5.11 Å². The van der Waals surface area contributed by atoms with Gasteiger partial charge in [0.2, 0.25) is 0 Å². The zero-order valence-electron chi connectivity index (χ0n) is 11.6. The number of rotatable bonds is 3. The van der Waals surface area contributed by atoms with Crippen LogP contribution in [0.5, 0.6) is 0 Å². The molecule has 110 valence electrons. The number of allylic oxidation sites excluding steroid dienone is 2. The van der Waals surface area contributed by atoms with E-state index in [2.05, 4.69) is 17.1 Å². The Labute approximate surface area is 121 Å². The van der Waals surface area contributed by atoms with Crippen molar-refractivity contribution in [3.63, 3.8) is 0 Å². The lowest BCUT2D eigenvalue weighted by Gasteiger charge is -2.19. The number of carbonyl (C=O) groups is 1. The summed E-state index contributed by atoms with van der Waals surface area (Å²) in [5.74, 6) is 1.91. The van der Waals surface area contributed by atoms with Crippen LogP contribution in [0.3, 0.4) is 0 Å². The third-order valence-corrected chi connectivity index (χ3v) is 5.16. The van der Waals surface area contributed by atoms with Crippen LogP contribution in [0.15, 0.2) is 29.3 Å². The second-order valence-corrected chi connectivity index (χ2v) is 6.26. The Kier molecular flexibility index (Phi) is 2.67.